The fourth-order valence-corrected chi connectivity index (χ4v) is 3.12. The van der Waals surface area contributed by atoms with Gasteiger partial charge in [0.2, 0.25) is 5.78 Å². The van der Waals surface area contributed by atoms with Crippen molar-refractivity contribution < 1.29 is 23.8 Å². The van der Waals surface area contributed by atoms with Gasteiger partial charge in [-0.2, -0.15) is 0 Å². The van der Waals surface area contributed by atoms with E-state index in [-0.39, 0.29) is 28.6 Å². The first-order valence-electron chi connectivity index (χ1n) is 8.27. The summed E-state index contributed by atoms with van der Waals surface area (Å²) < 4.78 is 11.2. The van der Waals surface area contributed by atoms with Crippen molar-refractivity contribution in [3.63, 3.8) is 0 Å². The topological polar surface area (TPSA) is 115 Å². The maximum atomic E-state index is 13.0. The van der Waals surface area contributed by atoms with Gasteiger partial charge in [0.15, 0.2) is 5.76 Å². The van der Waals surface area contributed by atoms with Crippen molar-refractivity contribution in [1.29, 1.82) is 0 Å². The minimum Gasteiger partial charge on any atom is -0.493 e. The molecule has 1 aromatic heterocycles. The van der Waals surface area contributed by atoms with Crippen LogP contribution in [-0.2, 0) is 0 Å². The molecule has 0 aliphatic heterocycles. The molecular formula is C19H16Cl2N2O5. The summed E-state index contributed by atoms with van der Waals surface area (Å²) in [6.45, 7) is 0.331. The number of nitrogens with one attached hydrogen (secondary N) is 1. The van der Waals surface area contributed by atoms with E-state index in [0.717, 1.165) is 0 Å². The number of amides is 2. The third-order valence-electron chi connectivity index (χ3n) is 3.86. The van der Waals surface area contributed by atoms with E-state index >= 15 is 0 Å². The van der Waals surface area contributed by atoms with Crippen LogP contribution in [0.1, 0.15) is 22.5 Å². The van der Waals surface area contributed by atoms with E-state index in [1.807, 2.05) is 0 Å². The molecule has 3 rings (SSSR count). The standard InChI is InChI=1S/C19H16Cl2N2O5/c20-10-2-4-12(14(21)8-10)17(25)18-16(23-19(22)26)13-5-3-11(9-15(13)28-18)27-7-1-6-24/h2-5,8-9,24H,1,6-7H2,(H3,22,23,26). The van der Waals surface area contributed by atoms with Gasteiger partial charge in [-0.05, 0) is 30.3 Å². The van der Waals surface area contributed by atoms with Crippen molar-refractivity contribution in [1.82, 2.24) is 0 Å². The first-order chi connectivity index (χ1) is 13.4. The summed E-state index contributed by atoms with van der Waals surface area (Å²) in [6.07, 6.45) is 0.476. The molecule has 2 aromatic carbocycles. The highest BCUT2D eigenvalue weighted by Gasteiger charge is 2.25. The number of ether oxygens (including phenoxy) is 1. The fraction of sp³-hybridized carbons (Fsp3) is 0.158. The first kappa shape index (κ1) is 20.0. The van der Waals surface area contributed by atoms with Crippen LogP contribution in [0.3, 0.4) is 0 Å². The van der Waals surface area contributed by atoms with E-state index in [1.54, 1.807) is 18.2 Å². The lowest BCUT2D eigenvalue weighted by Gasteiger charge is -2.05. The number of hydrogen-bond donors (Lipinski definition) is 3. The number of furan rings is 1. The number of fused-ring (bicyclic) bond motifs is 1. The average Bonchev–Trinajstić information content (AvgIpc) is 2.98. The zero-order valence-corrected chi connectivity index (χ0v) is 16.0. The Labute approximate surface area is 170 Å². The van der Waals surface area contributed by atoms with Crippen molar-refractivity contribution >= 4 is 51.7 Å². The van der Waals surface area contributed by atoms with Gasteiger partial charge >= 0.3 is 6.03 Å². The van der Waals surface area contributed by atoms with Crippen molar-refractivity contribution in [3.8, 4) is 5.75 Å². The molecule has 0 bridgehead atoms. The molecule has 0 atom stereocenters. The molecule has 28 heavy (non-hydrogen) atoms. The lowest BCUT2D eigenvalue weighted by molar-refractivity contribution is 0.101. The number of primary amides is 1. The molecule has 0 spiro atoms. The number of ketones is 1. The molecule has 0 fully saturated rings. The third-order valence-corrected chi connectivity index (χ3v) is 4.41. The van der Waals surface area contributed by atoms with E-state index < -0.39 is 11.8 Å². The van der Waals surface area contributed by atoms with E-state index in [4.69, 9.17) is 43.2 Å². The molecule has 2 amide bonds. The van der Waals surface area contributed by atoms with E-state index in [2.05, 4.69) is 5.32 Å². The van der Waals surface area contributed by atoms with Gasteiger partial charge in [0.25, 0.3) is 0 Å². The molecule has 1 heterocycles. The highest BCUT2D eigenvalue weighted by molar-refractivity contribution is 6.37. The number of carbonyl (C=O) groups is 2. The molecule has 0 saturated carbocycles. The molecular weight excluding hydrogens is 407 g/mol. The molecule has 146 valence electrons. The van der Waals surface area contributed by atoms with E-state index in [0.29, 0.717) is 34.8 Å². The smallest absolute Gasteiger partial charge is 0.316 e. The van der Waals surface area contributed by atoms with Crippen molar-refractivity contribution in [2.45, 2.75) is 6.42 Å². The Morgan fingerprint density at radius 2 is 1.96 bits per heavy atom. The molecule has 9 heteroatoms. The normalized spacial score (nSPS) is 10.8. The summed E-state index contributed by atoms with van der Waals surface area (Å²) in [7, 11) is 0. The molecule has 3 aromatic rings. The lowest BCUT2D eigenvalue weighted by Crippen LogP contribution is -2.20. The van der Waals surface area contributed by atoms with Crippen LogP contribution >= 0.6 is 23.2 Å². The van der Waals surface area contributed by atoms with Gasteiger partial charge in [-0.25, -0.2) is 4.79 Å². The summed E-state index contributed by atoms with van der Waals surface area (Å²) in [6, 6.07) is 8.47. The predicted octanol–water partition coefficient (Wildman–Crippen LogP) is 4.22. The Hall–Kier alpha value is -2.74. The number of carbonyl (C=O) groups excluding carboxylic acids is 2. The largest absolute Gasteiger partial charge is 0.493 e. The number of urea groups is 1. The Morgan fingerprint density at radius 3 is 2.64 bits per heavy atom. The minimum atomic E-state index is -0.845. The van der Waals surface area contributed by atoms with Crippen LogP contribution in [0.25, 0.3) is 11.0 Å². The van der Waals surface area contributed by atoms with Crippen LogP contribution in [0.5, 0.6) is 5.75 Å². The van der Waals surface area contributed by atoms with Crippen LogP contribution in [-0.4, -0.2) is 30.1 Å². The number of nitrogens with two attached hydrogens (primary N) is 1. The number of halogens is 2. The maximum absolute atomic E-state index is 13.0. The zero-order valence-electron chi connectivity index (χ0n) is 14.5. The second-order valence-corrected chi connectivity index (χ2v) is 6.68. The Morgan fingerprint density at radius 1 is 1.18 bits per heavy atom. The van der Waals surface area contributed by atoms with Gasteiger partial charge in [0, 0.05) is 35.1 Å². The van der Waals surface area contributed by atoms with Gasteiger partial charge in [-0.15, -0.1) is 0 Å². The van der Waals surface area contributed by atoms with Crippen LogP contribution in [0.4, 0.5) is 10.5 Å². The molecule has 0 aliphatic rings. The van der Waals surface area contributed by atoms with E-state index in [9.17, 15) is 9.59 Å². The van der Waals surface area contributed by atoms with Gasteiger partial charge in [0.05, 0.1) is 11.6 Å². The molecule has 0 saturated heterocycles. The quantitative estimate of drug-likeness (QED) is 0.389. The van der Waals surface area contributed by atoms with Crippen LogP contribution in [0.15, 0.2) is 40.8 Å². The Kier molecular flexibility index (Phi) is 6.08. The average molecular weight is 423 g/mol. The zero-order chi connectivity index (χ0) is 20.3. The second-order valence-electron chi connectivity index (χ2n) is 5.83. The van der Waals surface area contributed by atoms with Gasteiger partial charge in [-0.3, -0.25) is 4.79 Å². The number of anilines is 1. The number of hydrogen-bond acceptors (Lipinski definition) is 5. The number of rotatable bonds is 7. The second kappa shape index (κ2) is 8.52. The maximum Gasteiger partial charge on any atom is 0.316 e. The third kappa shape index (κ3) is 4.22. The molecule has 4 N–H and O–H groups in total. The highest BCUT2D eigenvalue weighted by Crippen LogP contribution is 2.36. The fourth-order valence-electron chi connectivity index (χ4n) is 2.62. The van der Waals surface area contributed by atoms with Gasteiger partial charge in [0.1, 0.15) is 17.0 Å². The highest BCUT2D eigenvalue weighted by atomic mass is 35.5. The molecule has 7 nitrogen and oxygen atoms in total. The van der Waals surface area contributed by atoms with Crippen LogP contribution < -0.4 is 15.8 Å². The number of benzene rings is 2. The van der Waals surface area contributed by atoms with Gasteiger partial charge < -0.3 is 25.3 Å². The Bertz CT molecular complexity index is 1050. The SMILES string of the molecule is NC(=O)Nc1c(C(=O)c2ccc(Cl)cc2Cl)oc2cc(OCCCO)ccc12. The van der Waals surface area contributed by atoms with Crippen molar-refractivity contribution in [3.05, 3.63) is 57.8 Å². The summed E-state index contributed by atoms with van der Waals surface area (Å²) in [4.78, 5) is 24.4. The monoisotopic (exact) mass is 422 g/mol. The predicted molar refractivity (Wildman–Crippen MR) is 107 cm³/mol. The summed E-state index contributed by atoms with van der Waals surface area (Å²) >= 11 is 12.0. The van der Waals surface area contributed by atoms with Gasteiger partial charge in [-0.1, -0.05) is 23.2 Å². The van der Waals surface area contributed by atoms with Crippen molar-refractivity contribution in [2.24, 2.45) is 5.73 Å². The lowest BCUT2D eigenvalue weighted by atomic mass is 10.1. The van der Waals surface area contributed by atoms with E-state index in [1.165, 1.54) is 18.2 Å². The van der Waals surface area contributed by atoms with Crippen LogP contribution in [0, 0.1) is 0 Å². The first-order valence-corrected chi connectivity index (χ1v) is 9.02. The van der Waals surface area contributed by atoms with Crippen LogP contribution in [0.2, 0.25) is 10.0 Å². The summed E-state index contributed by atoms with van der Waals surface area (Å²) in [5, 5.41) is 12.3. The Balaban J connectivity index is 2.06. The molecule has 0 unspecified atom stereocenters. The number of aliphatic hydroxyl groups excluding tert-OH is 1. The molecule has 0 aliphatic carbocycles. The number of aliphatic hydroxyl groups is 1. The molecule has 0 radical (unpaired) electrons. The minimum absolute atomic E-state index is 0.0101. The van der Waals surface area contributed by atoms with Crippen molar-refractivity contribution in [2.75, 3.05) is 18.5 Å². The summed E-state index contributed by atoms with van der Waals surface area (Å²) in [5.74, 6) is -0.168. The summed E-state index contributed by atoms with van der Waals surface area (Å²) in [5.41, 5.74) is 5.87.